The van der Waals surface area contributed by atoms with Gasteiger partial charge in [0.15, 0.2) is 0 Å². The van der Waals surface area contributed by atoms with Crippen molar-refractivity contribution in [3.8, 4) is 0 Å². The first kappa shape index (κ1) is 14.4. The van der Waals surface area contributed by atoms with Crippen LogP contribution in [0, 0.1) is 6.57 Å². The molecule has 0 aliphatic rings. The molecular formula is C9H19N2O3S+. The van der Waals surface area contributed by atoms with Crippen LogP contribution in [0.25, 0.3) is 4.85 Å². The molecule has 0 aromatic carbocycles. The highest BCUT2D eigenvalue weighted by Crippen LogP contribution is 2.02. The van der Waals surface area contributed by atoms with Gasteiger partial charge in [-0.1, -0.05) is 0 Å². The number of hydrogen-bond donors (Lipinski definition) is 0. The number of rotatable bonds is 7. The highest BCUT2D eigenvalue weighted by Gasteiger charge is 2.15. The van der Waals surface area contributed by atoms with Crippen molar-refractivity contribution in [2.75, 3.05) is 39.5 Å². The van der Waals surface area contributed by atoms with Gasteiger partial charge < -0.3 is 13.9 Å². The third-order valence-corrected chi connectivity index (χ3v) is 2.98. The van der Waals surface area contributed by atoms with Crippen molar-refractivity contribution in [1.29, 1.82) is 0 Å². The Hall–Kier alpha value is -0.640. The predicted octanol–water partition coefficient (Wildman–Crippen LogP) is 0.420. The zero-order valence-corrected chi connectivity index (χ0v) is 10.1. The van der Waals surface area contributed by atoms with E-state index in [1.54, 1.807) is 0 Å². The van der Waals surface area contributed by atoms with Crippen LogP contribution < -0.4 is 0 Å². The summed E-state index contributed by atoms with van der Waals surface area (Å²) >= 11 is 0. The Morgan fingerprint density at radius 1 is 1.33 bits per heavy atom. The highest BCUT2D eigenvalue weighted by atomic mass is 32.2. The lowest BCUT2D eigenvalue weighted by Crippen LogP contribution is -2.42. The van der Waals surface area contributed by atoms with E-state index in [1.165, 1.54) is 0 Å². The summed E-state index contributed by atoms with van der Waals surface area (Å²) in [5.41, 5.74) is 0. The van der Waals surface area contributed by atoms with E-state index in [1.807, 2.05) is 14.1 Å². The van der Waals surface area contributed by atoms with Gasteiger partial charge in [0.05, 0.1) is 43.7 Å². The smallest absolute Gasteiger partial charge is 0.748 e. The van der Waals surface area contributed by atoms with E-state index in [-0.39, 0.29) is 7.18 Å². The van der Waals surface area contributed by atoms with Crippen LogP contribution in [-0.2, 0) is 10.1 Å². The van der Waals surface area contributed by atoms with Crippen LogP contribution >= 0.6 is 0 Å². The van der Waals surface area contributed by atoms with Crippen LogP contribution in [0.3, 0.4) is 0 Å². The maximum absolute atomic E-state index is 10.4. The van der Waals surface area contributed by atoms with Crippen LogP contribution in [0.15, 0.2) is 0 Å². The molecule has 6 heteroatoms. The van der Waals surface area contributed by atoms with Gasteiger partial charge >= 0.3 is 1.43 Å². The molecule has 0 fully saturated rings. The van der Waals surface area contributed by atoms with Crippen molar-refractivity contribution in [2.45, 2.75) is 12.8 Å². The molecule has 0 aromatic heterocycles. The van der Waals surface area contributed by atoms with Gasteiger partial charge in [-0.05, 0) is 0 Å². The van der Waals surface area contributed by atoms with Crippen molar-refractivity contribution in [2.24, 2.45) is 0 Å². The fourth-order valence-corrected chi connectivity index (χ4v) is 1.84. The molecule has 0 saturated carbocycles. The average molecular weight is 235 g/mol. The zero-order valence-electron chi connectivity index (χ0n) is 10.3. The molecule has 15 heavy (non-hydrogen) atoms. The molecule has 0 unspecified atom stereocenters. The van der Waals surface area contributed by atoms with E-state index in [0.29, 0.717) is 24.0 Å². The second-order valence-corrected chi connectivity index (χ2v) is 5.76. The normalized spacial score (nSPS) is 12.4. The Morgan fingerprint density at radius 2 is 1.87 bits per heavy atom. The van der Waals surface area contributed by atoms with Gasteiger partial charge in [-0.25, -0.2) is 15.0 Å². The van der Waals surface area contributed by atoms with Gasteiger partial charge in [-0.15, -0.1) is 0 Å². The average Bonchev–Trinajstić information content (AvgIpc) is 2.01. The van der Waals surface area contributed by atoms with E-state index in [4.69, 9.17) is 6.57 Å². The molecule has 0 heterocycles. The molecule has 0 bridgehead atoms. The van der Waals surface area contributed by atoms with Crippen molar-refractivity contribution >= 4 is 10.1 Å². The quantitative estimate of drug-likeness (QED) is 0.278. The summed E-state index contributed by atoms with van der Waals surface area (Å²) < 4.78 is 31.8. The second kappa shape index (κ2) is 6.05. The molecule has 0 saturated heterocycles. The molecule has 0 aromatic rings. The Kier molecular flexibility index (Phi) is 5.80. The minimum absolute atomic E-state index is 0. The van der Waals surface area contributed by atoms with Crippen LogP contribution in [0.1, 0.15) is 14.3 Å². The summed E-state index contributed by atoms with van der Waals surface area (Å²) in [6, 6.07) is 0. The molecule has 0 N–H and O–H groups in total. The lowest BCUT2D eigenvalue weighted by atomic mass is 10.3. The molecule has 0 amide bonds. The zero-order chi connectivity index (χ0) is 11.9. The molecule has 0 radical (unpaired) electrons. The SMILES string of the molecule is [C-]#[N+]CCC[N+](C)(C)CCCS(=O)(=O)[O-].[H+]. The Morgan fingerprint density at radius 3 is 2.33 bits per heavy atom. The third kappa shape index (κ3) is 9.66. The topological polar surface area (TPSA) is 61.6 Å². The Bertz CT molecular complexity index is 322. The van der Waals surface area contributed by atoms with E-state index in [9.17, 15) is 13.0 Å². The van der Waals surface area contributed by atoms with Gasteiger partial charge in [-0.2, -0.15) is 0 Å². The molecular weight excluding hydrogens is 216 g/mol. The molecule has 0 rings (SSSR count). The predicted molar refractivity (Wildman–Crippen MR) is 58.2 cm³/mol. The van der Waals surface area contributed by atoms with Gasteiger partial charge in [-0.3, -0.25) is 0 Å². The summed E-state index contributed by atoms with van der Waals surface area (Å²) in [6.07, 6.45) is 1.19. The lowest BCUT2D eigenvalue weighted by Gasteiger charge is -2.29. The first-order valence-electron chi connectivity index (χ1n) is 4.86. The lowest BCUT2D eigenvalue weighted by molar-refractivity contribution is -0.890. The van der Waals surface area contributed by atoms with Crippen molar-refractivity contribution < 1.29 is 18.9 Å². The van der Waals surface area contributed by atoms with Crippen LogP contribution in [0.4, 0.5) is 0 Å². The third-order valence-electron chi connectivity index (χ3n) is 2.19. The highest BCUT2D eigenvalue weighted by molar-refractivity contribution is 7.85. The van der Waals surface area contributed by atoms with E-state index in [2.05, 4.69) is 4.85 Å². The standard InChI is InChI=1S/C9H18N2O3S/c1-10-6-4-7-11(2,3)8-5-9-15(12,13)14/h4-9H2,2-3H3/p+1. The minimum Gasteiger partial charge on any atom is -0.748 e. The summed E-state index contributed by atoms with van der Waals surface area (Å²) in [4.78, 5) is 3.25. The van der Waals surface area contributed by atoms with Gasteiger partial charge in [0, 0.05) is 12.2 Å². The molecule has 88 valence electrons. The van der Waals surface area contributed by atoms with Crippen LogP contribution in [-0.4, -0.2) is 56.9 Å². The molecule has 5 nitrogen and oxygen atoms in total. The molecule has 0 aliphatic heterocycles. The Balaban J connectivity index is 0. The second-order valence-electron chi connectivity index (χ2n) is 4.23. The number of quaternary nitrogens is 1. The van der Waals surface area contributed by atoms with Crippen molar-refractivity contribution in [1.82, 2.24) is 0 Å². The fourth-order valence-electron chi connectivity index (χ4n) is 1.36. The van der Waals surface area contributed by atoms with Gasteiger partial charge in [0.1, 0.15) is 0 Å². The summed E-state index contributed by atoms with van der Waals surface area (Å²) in [5.74, 6) is -0.294. The monoisotopic (exact) mass is 235 g/mol. The molecule has 0 aliphatic carbocycles. The Labute approximate surface area is 93.3 Å². The fraction of sp³-hybridized carbons (Fsp3) is 0.889. The van der Waals surface area contributed by atoms with Crippen LogP contribution in [0.5, 0.6) is 0 Å². The first-order chi connectivity index (χ1) is 6.77. The minimum atomic E-state index is -4.08. The van der Waals surface area contributed by atoms with Crippen LogP contribution in [0.2, 0.25) is 0 Å². The molecule has 0 spiro atoms. The maximum atomic E-state index is 10.4. The van der Waals surface area contributed by atoms with Gasteiger partial charge in [0.25, 0.3) is 0 Å². The van der Waals surface area contributed by atoms with Gasteiger partial charge in [0.2, 0.25) is 6.54 Å². The summed E-state index contributed by atoms with van der Waals surface area (Å²) in [7, 11) is -0.133. The first-order valence-corrected chi connectivity index (χ1v) is 6.43. The number of hydrogen-bond acceptors (Lipinski definition) is 3. The van der Waals surface area contributed by atoms with Crippen molar-refractivity contribution in [3.63, 3.8) is 0 Å². The summed E-state index contributed by atoms with van der Waals surface area (Å²) in [5, 5.41) is 0. The summed E-state index contributed by atoms with van der Waals surface area (Å²) in [6.45, 7) is 8.62. The number of nitrogens with zero attached hydrogens (tertiary/aromatic N) is 2. The largest absolute Gasteiger partial charge is 1.00 e. The van der Waals surface area contributed by atoms with E-state index >= 15 is 0 Å². The molecule has 0 atom stereocenters. The van der Waals surface area contributed by atoms with Crippen molar-refractivity contribution in [3.05, 3.63) is 11.4 Å². The van der Waals surface area contributed by atoms with E-state index < -0.39 is 10.1 Å². The maximum Gasteiger partial charge on any atom is 1.00 e. The van der Waals surface area contributed by atoms with E-state index in [0.717, 1.165) is 13.0 Å².